The number of rotatable bonds is 7. The molecule has 0 spiro atoms. The van der Waals surface area contributed by atoms with E-state index in [1.807, 2.05) is 6.07 Å². The number of aliphatic hydroxyl groups excluding tert-OH is 1. The van der Waals surface area contributed by atoms with Gasteiger partial charge in [0, 0.05) is 17.5 Å². The summed E-state index contributed by atoms with van der Waals surface area (Å²) in [6, 6.07) is 6.31. The van der Waals surface area contributed by atoms with Gasteiger partial charge in [-0.05, 0) is 42.4 Å². The van der Waals surface area contributed by atoms with Crippen LogP contribution in [0.2, 0.25) is 5.02 Å². The number of halogens is 1. The lowest BCUT2D eigenvalue weighted by molar-refractivity contribution is 0.0998. The van der Waals surface area contributed by atoms with E-state index in [2.05, 4.69) is 19.1 Å². The molecule has 21 heavy (non-hydrogen) atoms. The first kappa shape index (κ1) is 16.8. The number of ether oxygens (including phenoxy) is 1. The topological polar surface area (TPSA) is 29.5 Å². The minimum absolute atomic E-state index is 0.0226. The lowest BCUT2D eigenvalue weighted by Gasteiger charge is -2.24. The smallest absolute Gasteiger partial charge is 0.0556 e. The molecule has 1 aliphatic carbocycles. The van der Waals surface area contributed by atoms with Gasteiger partial charge in [-0.15, -0.1) is 0 Å². The predicted molar refractivity (Wildman–Crippen MR) is 88.2 cm³/mol. The SMILES string of the molecule is CCCOCC(CO)c1ccc(C2CCCCC2)c(Cl)c1. The summed E-state index contributed by atoms with van der Waals surface area (Å²) in [4.78, 5) is 0. The van der Waals surface area contributed by atoms with E-state index < -0.39 is 0 Å². The second kappa shape index (κ2) is 8.77. The number of hydrogen-bond acceptors (Lipinski definition) is 2. The molecule has 1 saturated carbocycles. The molecule has 1 unspecified atom stereocenters. The summed E-state index contributed by atoms with van der Waals surface area (Å²) < 4.78 is 5.57. The van der Waals surface area contributed by atoms with E-state index in [1.165, 1.54) is 37.7 Å². The zero-order valence-electron chi connectivity index (χ0n) is 13.0. The number of aliphatic hydroxyl groups is 1. The third kappa shape index (κ3) is 4.70. The van der Waals surface area contributed by atoms with Crippen LogP contribution in [0.3, 0.4) is 0 Å². The Labute approximate surface area is 133 Å². The molecule has 0 saturated heterocycles. The van der Waals surface area contributed by atoms with Crippen molar-refractivity contribution < 1.29 is 9.84 Å². The molecule has 1 fully saturated rings. The lowest BCUT2D eigenvalue weighted by Crippen LogP contribution is -2.13. The van der Waals surface area contributed by atoms with E-state index in [0.29, 0.717) is 12.5 Å². The van der Waals surface area contributed by atoms with Crippen LogP contribution in [0.15, 0.2) is 18.2 Å². The summed E-state index contributed by atoms with van der Waals surface area (Å²) >= 11 is 6.50. The predicted octanol–water partition coefficient (Wildman–Crippen LogP) is 4.89. The average molecular weight is 311 g/mol. The minimum Gasteiger partial charge on any atom is -0.396 e. The highest BCUT2D eigenvalue weighted by Crippen LogP contribution is 2.37. The normalized spacial score (nSPS) is 17.9. The van der Waals surface area contributed by atoms with Crippen molar-refractivity contribution in [2.45, 2.75) is 57.3 Å². The standard InChI is InChI=1S/C18H27ClO2/c1-2-10-21-13-16(12-20)15-8-9-17(18(19)11-15)14-6-4-3-5-7-14/h8-9,11,14,16,20H,2-7,10,12-13H2,1H3. The molecule has 1 aromatic carbocycles. The highest BCUT2D eigenvalue weighted by molar-refractivity contribution is 6.31. The Morgan fingerprint density at radius 3 is 2.67 bits per heavy atom. The average Bonchev–Trinajstić information content (AvgIpc) is 2.52. The molecule has 1 aliphatic rings. The maximum Gasteiger partial charge on any atom is 0.0556 e. The van der Waals surface area contributed by atoms with Gasteiger partial charge < -0.3 is 9.84 Å². The molecule has 118 valence electrons. The van der Waals surface area contributed by atoms with Crippen molar-refractivity contribution in [3.8, 4) is 0 Å². The molecule has 0 aliphatic heterocycles. The summed E-state index contributed by atoms with van der Waals surface area (Å²) in [5, 5.41) is 10.4. The molecule has 2 rings (SSSR count). The quantitative estimate of drug-likeness (QED) is 0.727. The van der Waals surface area contributed by atoms with Gasteiger partial charge in [0.2, 0.25) is 0 Å². The summed E-state index contributed by atoms with van der Waals surface area (Å²) in [5.74, 6) is 0.638. The molecule has 0 bridgehead atoms. The van der Waals surface area contributed by atoms with Gasteiger partial charge in [0.15, 0.2) is 0 Å². The first-order valence-electron chi connectivity index (χ1n) is 8.24. The maximum absolute atomic E-state index is 9.56. The molecular weight excluding hydrogens is 284 g/mol. The van der Waals surface area contributed by atoms with Crippen molar-refractivity contribution >= 4 is 11.6 Å². The fourth-order valence-corrected chi connectivity index (χ4v) is 3.51. The van der Waals surface area contributed by atoms with Crippen LogP contribution >= 0.6 is 11.6 Å². The Morgan fingerprint density at radius 2 is 2.05 bits per heavy atom. The fourth-order valence-electron chi connectivity index (χ4n) is 3.17. The summed E-state index contributed by atoms with van der Waals surface area (Å²) in [7, 11) is 0. The minimum atomic E-state index is 0.0226. The van der Waals surface area contributed by atoms with E-state index in [4.69, 9.17) is 16.3 Å². The highest BCUT2D eigenvalue weighted by Gasteiger charge is 2.19. The second-order valence-electron chi connectivity index (χ2n) is 6.07. The molecular formula is C18H27ClO2. The van der Waals surface area contributed by atoms with Gasteiger partial charge in [0.1, 0.15) is 0 Å². The van der Waals surface area contributed by atoms with Crippen LogP contribution in [-0.2, 0) is 4.74 Å². The molecule has 1 N–H and O–H groups in total. The molecule has 0 aromatic heterocycles. The van der Waals surface area contributed by atoms with E-state index in [9.17, 15) is 5.11 Å². The van der Waals surface area contributed by atoms with Gasteiger partial charge in [-0.1, -0.05) is 49.9 Å². The van der Waals surface area contributed by atoms with Crippen molar-refractivity contribution in [1.82, 2.24) is 0 Å². The van der Waals surface area contributed by atoms with Crippen LogP contribution in [0.4, 0.5) is 0 Å². The van der Waals surface area contributed by atoms with Crippen LogP contribution < -0.4 is 0 Å². The van der Waals surface area contributed by atoms with Crippen LogP contribution in [-0.4, -0.2) is 24.9 Å². The Kier molecular flexibility index (Phi) is 7.01. The van der Waals surface area contributed by atoms with E-state index >= 15 is 0 Å². The van der Waals surface area contributed by atoms with Crippen LogP contribution in [0.1, 0.15) is 68.4 Å². The second-order valence-corrected chi connectivity index (χ2v) is 6.48. The summed E-state index contributed by atoms with van der Waals surface area (Å²) in [5.41, 5.74) is 2.37. The molecule has 2 nitrogen and oxygen atoms in total. The van der Waals surface area contributed by atoms with Crippen LogP contribution in [0.5, 0.6) is 0 Å². The third-order valence-electron chi connectivity index (χ3n) is 4.43. The lowest BCUT2D eigenvalue weighted by atomic mass is 9.83. The van der Waals surface area contributed by atoms with E-state index in [-0.39, 0.29) is 12.5 Å². The summed E-state index contributed by atoms with van der Waals surface area (Å²) in [6.07, 6.45) is 7.48. The largest absolute Gasteiger partial charge is 0.396 e. The number of benzene rings is 1. The van der Waals surface area contributed by atoms with Crippen molar-refractivity contribution in [2.24, 2.45) is 0 Å². The van der Waals surface area contributed by atoms with Crippen molar-refractivity contribution in [2.75, 3.05) is 19.8 Å². The molecule has 1 aromatic rings. The molecule has 0 amide bonds. The van der Waals surface area contributed by atoms with Gasteiger partial charge >= 0.3 is 0 Å². The highest BCUT2D eigenvalue weighted by atomic mass is 35.5. The van der Waals surface area contributed by atoms with Crippen LogP contribution in [0.25, 0.3) is 0 Å². The van der Waals surface area contributed by atoms with Gasteiger partial charge in [0.05, 0.1) is 13.2 Å². The van der Waals surface area contributed by atoms with Gasteiger partial charge in [-0.3, -0.25) is 0 Å². The number of hydrogen-bond donors (Lipinski definition) is 1. The first-order chi connectivity index (χ1) is 10.3. The van der Waals surface area contributed by atoms with Crippen molar-refractivity contribution in [3.05, 3.63) is 34.3 Å². The Balaban J connectivity index is 2.05. The van der Waals surface area contributed by atoms with Crippen LogP contribution in [0, 0.1) is 0 Å². The molecule has 0 heterocycles. The summed E-state index contributed by atoms with van der Waals surface area (Å²) in [6.45, 7) is 3.49. The Hall–Kier alpha value is -0.570. The molecule has 1 atom stereocenters. The van der Waals surface area contributed by atoms with Gasteiger partial charge in [0.25, 0.3) is 0 Å². The van der Waals surface area contributed by atoms with E-state index in [0.717, 1.165) is 23.6 Å². The molecule has 0 radical (unpaired) electrons. The van der Waals surface area contributed by atoms with Gasteiger partial charge in [-0.25, -0.2) is 0 Å². The van der Waals surface area contributed by atoms with Crippen molar-refractivity contribution in [1.29, 1.82) is 0 Å². The maximum atomic E-state index is 9.56. The zero-order valence-corrected chi connectivity index (χ0v) is 13.7. The van der Waals surface area contributed by atoms with E-state index in [1.54, 1.807) is 0 Å². The zero-order chi connectivity index (χ0) is 15.1. The van der Waals surface area contributed by atoms with Crippen molar-refractivity contribution in [3.63, 3.8) is 0 Å². The monoisotopic (exact) mass is 310 g/mol. The Morgan fingerprint density at radius 1 is 1.29 bits per heavy atom. The Bertz CT molecular complexity index is 427. The first-order valence-corrected chi connectivity index (χ1v) is 8.62. The fraction of sp³-hybridized carbons (Fsp3) is 0.667. The molecule has 3 heteroatoms. The van der Waals surface area contributed by atoms with Gasteiger partial charge in [-0.2, -0.15) is 0 Å². The third-order valence-corrected chi connectivity index (χ3v) is 4.76.